The normalized spacial score (nSPS) is 20.7. The van der Waals surface area contributed by atoms with Crippen LogP contribution in [0.2, 0.25) is 0 Å². The fourth-order valence-electron chi connectivity index (χ4n) is 6.67. The van der Waals surface area contributed by atoms with Gasteiger partial charge >= 0.3 is 23.5 Å². The van der Waals surface area contributed by atoms with Crippen molar-refractivity contribution in [1.82, 2.24) is 30.2 Å². The second kappa shape index (κ2) is 27.6. The Balaban J connectivity index is 1.32. The molecule has 2 aromatic heterocycles. The van der Waals surface area contributed by atoms with E-state index in [0.717, 1.165) is 80.4 Å². The van der Waals surface area contributed by atoms with E-state index < -0.39 is 84.6 Å². The number of anilines is 1. The predicted molar refractivity (Wildman–Crippen MR) is 239 cm³/mol. The summed E-state index contributed by atoms with van der Waals surface area (Å²) in [4.78, 5) is 88.3. The molecule has 66 heavy (non-hydrogen) atoms. The van der Waals surface area contributed by atoms with E-state index in [1.807, 2.05) is 0 Å². The molecule has 2 aromatic rings. The minimum Gasteiger partial charge on any atom is -0.393 e. The summed E-state index contributed by atoms with van der Waals surface area (Å²) in [5, 5.41) is 36.7. The quantitative estimate of drug-likeness (QED) is 0.0362. The number of aliphatic hydroxyl groups excluding tert-OH is 3. The second-order valence-corrected chi connectivity index (χ2v) is 21.8. The number of ether oxygens (including phenoxy) is 1. The fourth-order valence-corrected chi connectivity index (χ4v) is 10.2. The van der Waals surface area contributed by atoms with Gasteiger partial charge in [-0.05, 0) is 19.3 Å². The lowest BCUT2D eigenvalue weighted by Crippen LogP contribution is -2.46. The molecule has 0 radical (unpaired) electrons. The van der Waals surface area contributed by atoms with Crippen LogP contribution >= 0.6 is 35.2 Å². The first kappa shape index (κ1) is 57.8. The summed E-state index contributed by atoms with van der Waals surface area (Å²) in [7, 11) is -16.4. The van der Waals surface area contributed by atoms with Crippen molar-refractivity contribution in [2.75, 3.05) is 37.8 Å². The third-order valence-corrected chi connectivity index (χ3v) is 14.4. The van der Waals surface area contributed by atoms with Crippen LogP contribution in [0.15, 0.2) is 12.7 Å². The van der Waals surface area contributed by atoms with Gasteiger partial charge in [-0.1, -0.05) is 90.3 Å². The number of hydrogen-bond acceptors (Lipinski definition) is 19. The van der Waals surface area contributed by atoms with Gasteiger partial charge < -0.3 is 56.0 Å². The van der Waals surface area contributed by atoms with Gasteiger partial charge in [0.05, 0.1) is 25.6 Å². The summed E-state index contributed by atoms with van der Waals surface area (Å²) < 4.78 is 62.4. The number of imidazole rings is 1. The number of fused-ring (bicyclic) bond motifs is 1. The highest BCUT2D eigenvalue weighted by Crippen LogP contribution is 2.61. The van der Waals surface area contributed by atoms with E-state index in [1.165, 1.54) is 39.5 Å². The summed E-state index contributed by atoms with van der Waals surface area (Å²) in [6, 6.07) is 0. The van der Waals surface area contributed by atoms with E-state index >= 15 is 0 Å². The van der Waals surface area contributed by atoms with Gasteiger partial charge in [0, 0.05) is 37.1 Å². The third-order valence-electron chi connectivity index (χ3n) is 10.3. The molecule has 3 heterocycles. The number of thioether (sulfide) groups is 1. The van der Waals surface area contributed by atoms with E-state index in [1.54, 1.807) is 0 Å². The number of nitrogens with zero attached hydrogens (tertiary/aromatic N) is 4. The molecule has 0 saturated carbocycles. The monoisotopic (exact) mass is 1020 g/mol. The van der Waals surface area contributed by atoms with Gasteiger partial charge in [0.15, 0.2) is 22.8 Å². The van der Waals surface area contributed by atoms with Crippen LogP contribution in [0, 0.1) is 5.41 Å². The van der Waals surface area contributed by atoms with Crippen LogP contribution in [0.4, 0.5) is 5.82 Å². The minimum absolute atomic E-state index is 0.0275. The SMILES string of the molecule is CCCCCCCC(O)CCCCCCCC(=O)SCCNC(=O)CCNC(=O)C(O)C(C)(C)COP(=O)(O)OP(=O)(O)OCC1OC(n2cnc3c(N)ncnc32)C(O)C1OP(=O)(O)O. The number of aliphatic hydroxyl groups is 3. The Morgan fingerprint density at radius 3 is 2.20 bits per heavy atom. The molecule has 0 spiro atoms. The van der Waals surface area contributed by atoms with Crippen molar-refractivity contribution < 1.29 is 85.6 Å². The van der Waals surface area contributed by atoms with Gasteiger partial charge in [0.2, 0.25) is 11.8 Å². The molecule has 0 bridgehead atoms. The molecule has 1 saturated heterocycles. The topological polar surface area (TPSA) is 384 Å². The Hall–Kier alpha value is -2.48. The molecular formula is C37H66N7O18P3S. The van der Waals surface area contributed by atoms with Crippen LogP contribution in [0.3, 0.4) is 0 Å². The van der Waals surface area contributed by atoms with Crippen LogP contribution in [-0.4, -0.2) is 134 Å². The Bertz CT molecular complexity index is 2000. The smallest absolute Gasteiger partial charge is 0.393 e. The van der Waals surface area contributed by atoms with Crippen LogP contribution in [0.25, 0.3) is 11.2 Å². The van der Waals surface area contributed by atoms with Gasteiger partial charge in [0.25, 0.3) is 0 Å². The van der Waals surface area contributed by atoms with Crippen molar-refractivity contribution in [2.45, 2.75) is 147 Å². The summed E-state index contributed by atoms with van der Waals surface area (Å²) in [6.07, 6.45) is 5.56. The van der Waals surface area contributed by atoms with Crippen LogP contribution in [-0.2, 0) is 50.7 Å². The van der Waals surface area contributed by atoms with Gasteiger partial charge in [-0.2, -0.15) is 4.31 Å². The number of amides is 2. The van der Waals surface area contributed by atoms with E-state index in [9.17, 15) is 63.0 Å². The summed E-state index contributed by atoms with van der Waals surface area (Å²) in [5.74, 6) is -1.08. The molecule has 1 fully saturated rings. The van der Waals surface area contributed by atoms with Crippen LogP contribution in [0.1, 0.15) is 117 Å². The van der Waals surface area contributed by atoms with Gasteiger partial charge in [0.1, 0.15) is 36.3 Å². The number of aromatic nitrogens is 4. The number of phosphoric acid groups is 3. The maximum absolute atomic E-state index is 12.7. The summed E-state index contributed by atoms with van der Waals surface area (Å²) in [6.45, 7) is 2.69. The molecule has 1 aliphatic rings. The van der Waals surface area contributed by atoms with Gasteiger partial charge in [-0.3, -0.25) is 32.5 Å². The molecule has 29 heteroatoms. The fraction of sp³-hybridized carbons (Fsp3) is 0.784. The van der Waals surface area contributed by atoms with E-state index in [4.69, 9.17) is 19.5 Å². The van der Waals surface area contributed by atoms with Gasteiger partial charge in [-0.15, -0.1) is 0 Å². The molecule has 11 N–H and O–H groups in total. The highest BCUT2D eigenvalue weighted by atomic mass is 32.2. The predicted octanol–water partition coefficient (Wildman–Crippen LogP) is 3.12. The van der Waals surface area contributed by atoms with Crippen molar-refractivity contribution in [3.8, 4) is 0 Å². The first-order valence-electron chi connectivity index (χ1n) is 21.7. The molecule has 378 valence electrons. The Morgan fingerprint density at radius 1 is 0.894 bits per heavy atom. The molecule has 0 aromatic carbocycles. The standard InChI is InChI=1S/C37H66N7O18P3S/c1-4-5-6-8-11-14-25(45)15-12-9-7-10-13-16-28(47)66-20-19-39-27(46)17-18-40-35(50)32(49)37(2,3)22-59-65(56,57)62-64(54,55)58-21-26-31(61-63(51,52)53)30(48)36(60-26)44-24-43-29-33(38)41-23-42-34(29)44/h23-26,30-32,36,45,48-49H,4-22H2,1-3H3,(H,39,46)(H,40,50)(H,54,55)(H,56,57)(H2,38,41,42)(H2,51,52,53). The lowest BCUT2D eigenvalue weighted by atomic mass is 9.87. The number of carbonyl (C=O) groups is 3. The zero-order valence-corrected chi connectivity index (χ0v) is 40.8. The first-order valence-corrected chi connectivity index (χ1v) is 27.2. The molecule has 8 atom stereocenters. The van der Waals surface area contributed by atoms with Crippen molar-refractivity contribution in [3.05, 3.63) is 12.7 Å². The molecular weight excluding hydrogens is 955 g/mol. The Morgan fingerprint density at radius 2 is 1.53 bits per heavy atom. The molecule has 1 aliphatic heterocycles. The minimum atomic E-state index is -5.58. The van der Waals surface area contributed by atoms with E-state index in [2.05, 4.69) is 41.3 Å². The average Bonchev–Trinajstić information content (AvgIpc) is 3.80. The van der Waals surface area contributed by atoms with Crippen molar-refractivity contribution in [2.24, 2.45) is 5.41 Å². The number of carbonyl (C=O) groups excluding carboxylic acids is 3. The van der Waals surface area contributed by atoms with Crippen molar-refractivity contribution in [3.63, 3.8) is 0 Å². The molecule has 3 rings (SSSR count). The van der Waals surface area contributed by atoms with Crippen molar-refractivity contribution in [1.29, 1.82) is 0 Å². The highest BCUT2D eigenvalue weighted by Gasteiger charge is 2.50. The molecule has 25 nitrogen and oxygen atoms in total. The first-order chi connectivity index (χ1) is 30.9. The van der Waals surface area contributed by atoms with Crippen molar-refractivity contribution >= 4 is 69.1 Å². The second-order valence-electron chi connectivity index (χ2n) is 16.5. The number of phosphoric ester groups is 3. The Kier molecular flexibility index (Phi) is 24.2. The number of rotatable bonds is 33. The molecule has 2 amide bonds. The maximum Gasteiger partial charge on any atom is 0.481 e. The number of nitrogen functional groups attached to an aromatic ring is 1. The summed E-state index contributed by atoms with van der Waals surface area (Å²) in [5.41, 5.74) is 4.27. The lowest BCUT2D eigenvalue weighted by Gasteiger charge is -2.30. The number of unbranched alkanes of at least 4 members (excludes halogenated alkanes) is 8. The Labute approximate surface area is 387 Å². The van der Waals surface area contributed by atoms with E-state index in [-0.39, 0.29) is 47.7 Å². The highest BCUT2D eigenvalue weighted by molar-refractivity contribution is 8.13. The molecule has 0 aliphatic carbocycles. The number of nitrogens with one attached hydrogen (secondary N) is 2. The maximum atomic E-state index is 12.7. The van der Waals surface area contributed by atoms with E-state index in [0.29, 0.717) is 12.2 Å². The van der Waals surface area contributed by atoms with Crippen LogP contribution < -0.4 is 16.4 Å². The largest absolute Gasteiger partial charge is 0.481 e. The van der Waals surface area contributed by atoms with Gasteiger partial charge in [-0.25, -0.2) is 28.6 Å². The molecule has 8 unspecified atom stereocenters. The third kappa shape index (κ3) is 20.6. The summed E-state index contributed by atoms with van der Waals surface area (Å²) >= 11 is 1.12. The number of nitrogens with two attached hydrogens (primary N) is 1. The van der Waals surface area contributed by atoms with Crippen LogP contribution in [0.5, 0.6) is 0 Å². The lowest BCUT2D eigenvalue weighted by molar-refractivity contribution is -0.137. The zero-order valence-electron chi connectivity index (χ0n) is 37.3. The zero-order chi connectivity index (χ0) is 49.1. The number of hydrogen-bond donors (Lipinski definition) is 10. The average molecular weight is 1020 g/mol.